The molecule has 1 saturated heterocycles. The van der Waals surface area contributed by atoms with E-state index in [1.165, 1.54) is 0 Å². The van der Waals surface area contributed by atoms with Crippen LogP contribution in [0.2, 0.25) is 0 Å². The number of carbonyl (C=O) groups is 1. The van der Waals surface area contributed by atoms with Crippen molar-refractivity contribution in [3.8, 4) is 5.75 Å². The second-order valence-electron chi connectivity index (χ2n) is 5.98. The Balaban J connectivity index is 2.11. The minimum atomic E-state index is -0.0423. The highest BCUT2D eigenvalue weighted by atomic mass is 16.3. The Hall–Kier alpha value is -1.51. The van der Waals surface area contributed by atoms with Crippen molar-refractivity contribution in [3.63, 3.8) is 0 Å². The molecular weight excluding hydrogens is 238 g/mol. The van der Waals surface area contributed by atoms with Crippen LogP contribution >= 0.6 is 0 Å². The Morgan fingerprint density at radius 3 is 2.58 bits per heavy atom. The SMILES string of the molecule is CCC1(C)CCN(C(=O)c2cc(C)ccc2O)CC1. The van der Waals surface area contributed by atoms with E-state index >= 15 is 0 Å². The van der Waals surface area contributed by atoms with Crippen molar-refractivity contribution < 1.29 is 9.90 Å². The number of hydrogen-bond donors (Lipinski definition) is 1. The van der Waals surface area contributed by atoms with Crippen molar-refractivity contribution in [2.45, 2.75) is 40.0 Å². The number of carbonyl (C=O) groups excluding carboxylic acids is 1. The lowest BCUT2D eigenvalue weighted by atomic mass is 9.78. The van der Waals surface area contributed by atoms with Crippen LogP contribution in [0.5, 0.6) is 5.75 Å². The molecule has 3 nitrogen and oxygen atoms in total. The first kappa shape index (κ1) is 13.9. The minimum Gasteiger partial charge on any atom is -0.507 e. The summed E-state index contributed by atoms with van der Waals surface area (Å²) in [6.45, 7) is 8.01. The number of nitrogens with zero attached hydrogens (tertiary/aromatic N) is 1. The summed E-state index contributed by atoms with van der Waals surface area (Å²) >= 11 is 0. The molecule has 1 N–H and O–H groups in total. The Morgan fingerprint density at radius 1 is 1.37 bits per heavy atom. The summed E-state index contributed by atoms with van der Waals surface area (Å²) in [5.74, 6) is 0.0405. The molecule has 1 aromatic rings. The van der Waals surface area contributed by atoms with Crippen LogP contribution in [0.1, 0.15) is 49.0 Å². The predicted molar refractivity (Wildman–Crippen MR) is 76.4 cm³/mol. The second kappa shape index (κ2) is 5.24. The number of piperidine rings is 1. The van der Waals surface area contributed by atoms with Gasteiger partial charge in [-0.25, -0.2) is 0 Å². The van der Waals surface area contributed by atoms with Crippen LogP contribution in [-0.2, 0) is 0 Å². The van der Waals surface area contributed by atoms with Gasteiger partial charge in [0.25, 0.3) is 5.91 Å². The molecule has 0 aliphatic carbocycles. The zero-order valence-electron chi connectivity index (χ0n) is 12.1. The van der Waals surface area contributed by atoms with Gasteiger partial charge in [-0.1, -0.05) is 31.9 Å². The molecule has 1 aromatic carbocycles. The first-order chi connectivity index (χ1) is 8.95. The summed E-state index contributed by atoms with van der Waals surface area (Å²) in [5, 5.41) is 9.84. The lowest BCUT2D eigenvalue weighted by Crippen LogP contribution is -2.42. The highest BCUT2D eigenvalue weighted by Crippen LogP contribution is 2.34. The summed E-state index contributed by atoms with van der Waals surface area (Å²) < 4.78 is 0. The molecule has 1 aliphatic rings. The topological polar surface area (TPSA) is 40.5 Å². The van der Waals surface area contributed by atoms with E-state index in [1.54, 1.807) is 12.1 Å². The molecule has 0 spiro atoms. The van der Waals surface area contributed by atoms with Crippen molar-refractivity contribution in [2.75, 3.05) is 13.1 Å². The standard InChI is InChI=1S/C16H23NO2/c1-4-16(3)7-9-17(10-8-16)15(19)13-11-12(2)5-6-14(13)18/h5-6,11,18H,4,7-10H2,1-3H3. The molecule has 19 heavy (non-hydrogen) atoms. The third-order valence-electron chi connectivity index (χ3n) is 4.49. The van der Waals surface area contributed by atoms with E-state index in [9.17, 15) is 9.90 Å². The quantitative estimate of drug-likeness (QED) is 0.887. The van der Waals surface area contributed by atoms with Crippen LogP contribution in [0.4, 0.5) is 0 Å². The van der Waals surface area contributed by atoms with Crippen molar-refractivity contribution in [1.29, 1.82) is 0 Å². The smallest absolute Gasteiger partial charge is 0.257 e. The largest absolute Gasteiger partial charge is 0.507 e. The highest BCUT2D eigenvalue weighted by Gasteiger charge is 2.31. The van der Waals surface area contributed by atoms with Crippen LogP contribution in [0.15, 0.2) is 18.2 Å². The normalized spacial score (nSPS) is 18.4. The number of phenolic OH excluding ortho intramolecular Hbond substituents is 1. The average Bonchev–Trinajstić information content (AvgIpc) is 2.42. The van der Waals surface area contributed by atoms with E-state index in [4.69, 9.17) is 0 Å². The number of aryl methyl sites for hydroxylation is 1. The molecule has 1 fully saturated rings. The third kappa shape index (κ3) is 2.91. The summed E-state index contributed by atoms with van der Waals surface area (Å²) in [4.78, 5) is 14.3. The number of likely N-dealkylation sites (tertiary alicyclic amines) is 1. The van der Waals surface area contributed by atoms with Gasteiger partial charge in [-0.3, -0.25) is 4.79 Å². The summed E-state index contributed by atoms with van der Waals surface area (Å²) in [6, 6.07) is 5.18. The molecule has 3 heteroatoms. The van der Waals surface area contributed by atoms with Gasteiger partial charge in [0.05, 0.1) is 5.56 Å². The van der Waals surface area contributed by atoms with E-state index in [2.05, 4.69) is 13.8 Å². The van der Waals surface area contributed by atoms with Crippen molar-refractivity contribution in [3.05, 3.63) is 29.3 Å². The predicted octanol–water partition coefficient (Wildman–Crippen LogP) is 3.35. The zero-order valence-corrected chi connectivity index (χ0v) is 12.1. The maximum Gasteiger partial charge on any atom is 0.257 e. The van der Waals surface area contributed by atoms with Crippen molar-refractivity contribution in [1.82, 2.24) is 4.90 Å². The van der Waals surface area contributed by atoms with E-state index in [0.717, 1.165) is 37.9 Å². The number of hydrogen-bond acceptors (Lipinski definition) is 2. The fraction of sp³-hybridized carbons (Fsp3) is 0.562. The van der Waals surface area contributed by atoms with Gasteiger partial charge in [0.15, 0.2) is 0 Å². The van der Waals surface area contributed by atoms with Crippen LogP contribution in [-0.4, -0.2) is 29.0 Å². The molecule has 2 rings (SSSR count). The number of benzene rings is 1. The monoisotopic (exact) mass is 261 g/mol. The van der Waals surface area contributed by atoms with E-state index in [-0.39, 0.29) is 11.7 Å². The summed E-state index contributed by atoms with van der Waals surface area (Å²) in [5.41, 5.74) is 1.79. The molecule has 0 unspecified atom stereocenters. The molecule has 104 valence electrons. The number of aromatic hydroxyl groups is 1. The molecule has 1 heterocycles. The molecule has 1 amide bonds. The van der Waals surface area contributed by atoms with Crippen LogP contribution < -0.4 is 0 Å². The fourth-order valence-corrected chi connectivity index (χ4v) is 2.59. The molecule has 0 atom stereocenters. The Labute approximate surface area is 115 Å². The first-order valence-corrected chi connectivity index (χ1v) is 7.04. The van der Waals surface area contributed by atoms with Gasteiger partial charge < -0.3 is 10.0 Å². The zero-order chi connectivity index (χ0) is 14.0. The molecular formula is C16H23NO2. The maximum atomic E-state index is 12.4. The fourth-order valence-electron chi connectivity index (χ4n) is 2.59. The number of phenols is 1. The van der Waals surface area contributed by atoms with E-state index in [1.807, 2.05) is 17.9 Å². The van der Waals surface area contributed by atoms with Crippen molar-refractivity contribution in [2.24, 2.45) is 5.41 Å². The van der Waals surface area contributed by atoms with Gasteiger partial charge in [-0.2, -0.15) is 0 Å². The number of rotatable bonds is 2. The van der Waals surface area contributed by atoms with Gasteiger partial charge >= 0.3 is 0 Å². The van der Waals surface area contributed by atoms with Gasteiger partial charge in [-0.15, -0.1) is 0 Å². The molecule has 0 bridgehead atoms. The maximum absolute atomic E-state index is 12.4. The van der Waals surface area contributed by atoms with Gasteiger partial charge in [0.2, 0.25) is 0 Å². The first-order valence-electron chi connectivity index (χ1n) is 7.04. The van der Waals surface area contributed by atoms with E-state index in [0.29, 0.717) is 11.0 Å². The van der Waals surface area contributed by atoms with Crippen LogP contribution in [0.25, 0.3) is 0 Å². The summed E-state index contributed by atoms with van der Waals surface area (Å²) in [6.07, 6.45) is 3.24. The number of amides is 1. The Kier molecular flexibility index (Phi) is 3.83. The lowest BCUT2D eigenvalue weighted by Gasteiger charge is -2.39. The minimum absolute atomic E-state index is 0.0423. The lowest BCUT2D eigenvalue weighted by molar-refractivity contribution is 0.0597. The molecule has 0 aromatic heterocycles. The highest BCUT2D eigenvalue weighted by molar-refractivity contribution is 5.97. The van der Waals surface area contributed by atoms with Gasteiger partial charge in [0, 0.05) is 13.1 Å². The second-order valence-corrected chi connectivity index (χ2v) is 5.98. The van der Waals surface area contributed by atoms with Crippen LogP contribution in [0, 0.1) is 12.3 Å². The third-order valence-corrected chi connectivity index (χ3v) is 4.49. The van der Waals surface area contributed by atoms with Crippen molar-refractivity contribution >= 4 is 5.91 Å². The Morgan fingerprint density at radius 2 is 2.00 bits per heavy atom. The van der Waals surface area contributed by atoms with E-state index < -0.39 is 0 Å². The average molecular weight is 261 g/mol. The van der Waals surface area contributed by atoms with Gasteiger partial charge in [0.1, 0.15) is 5.75 Å². The molecule has 0 radical (unpaired) electrons. The van der Waals surface area contributed by atoms with Crippen LogP contribution in [0.3, 0.4) is 0 Å². The Bertz CT molecular complexity index is 474. The molecule has 1 aliphatic heterocycles. The summed E-state index contributed by atoms with van der Waals surface area (Å²) in [7, 11) is 0. The van der Waals surface area contributed by atoms with Gasteiger partial charge in [-0.05, 0) is 37.3 Å². The molecule has 0 saturated carbocycles.